The Morgan fingerprint density at radius 1 is 1.53 bits per heavy atom. The van der Waals surface area contributed by atoms with Gasteiger partial charge in [0.05, 0.1) is 3.79 Å². The summed E-state index contributed by atoms with van der Waals surface area (Å²) < 4.78 is 1.21. The smallest absolute Gasteiger partial charge is 0.0701 e. The van der Waals surface area contributed by atoms with Gasteiger partial charge in [-0.25, -0.2) is 0 Å². The average molecular weight is 286 g/mol. The fourth-order valence-corrected chi connectivity index (χ4v) is 3.35. The number of hydrogen-bond acceptors (Lipinski definition) is 2. The molecule has 1 nitrogen and oxygen atoms in total. The molecule has 0 radical (unpaired) electrons. The van der Waals surface area contributed by atoms with Crippen molar-refractivity contribution in [1.29, 1.82) is 0 Å². The Kier molecular flexibility index (Phi) is 4.00. The molecule has 1 N–H and O–H groups in total. The summed E-state index contributed by atoms with van der Waals surface area (Å²) >= 11 is 5.32. The van der Waals surface area contributed by atoms with Crippen molar-refractivity contribution < 1.29 is 0 Å². The minimum atomic E-state index is 0.453. The van der Waals surface area contributed by atoms with Crippen molar-refractivity contribution in [2.45, 2.75) is 38.3 Å². The quantitative estimate of drug-likeness (QED) is 0.818. The molecule has 0 saturated heterocycles. The highest BCUT2D eigenvalue weighted by Gasteiger charge is 2.13. The largest absolute Gasteiger partial charge is 0.303 e. The van der Waals surface area contributed by atoms with Crippen LogP contribution in [0.15, 0.2) is 28.1 Å². The lowest BCUT2D eigenvalue weighted by Gasteiger charge is -2.22. The highest BCUT2D eigenvalue weighted by molar-refractivity contribution is 9.11. The maximum absolute atomic E-state index is 3.65. The van der Waals surface area contributed by atoms with Gasteiger partial charge in [-0.15, -0.1) is 11.3 Å². The predicted molar refractivity (Wildman–Crippen MR) is 70.3 cm³/mol. The highest BCUT2D eigenvalue weighted by atomic mass is 79.9. The van der Waals surface area contributed by atoms with Crippen LogP contribution in [0.3, 0.4) is 0 Å². The number of allylic oxidation sites excluding steroid dienone is 1. The summed E-state index contributed by atoms with van der Waals surface area (Å²) in [6, 6.07) is 5.33. The molecule has 2 atom stereocenters. The van der Waals surface area contributed by atoms with Crippen molar-refractivity contribution in [3.63, 3.8) is 0 Å². The zero-order valence-corrected chi connectivity index (χ0v) is 11.3. The Morgan fingerprint density at radius 2 is 2.40 bits per heavy atom. The Labute approximate surface area is 104 Å². The van der Waals surface area contributed by atoms with Crippen molar-refractivity contribution in [3.05, 3.63) is 32.9 Å². The lowest BCUT2D eigenvalue weighted by molar-refractivity contribution is 0.471. The third-order valence-corrected chi connectivity index (χ3v) is 4.55. The summed E-state index contributed by atoms with van der Waals surface area (Å²) in [5.74, 6) is 0. The molecule has 0 fully saturated rings. The van der Waals surface area contributed by atoms with E-state index in [1.54, 1.807) is 0 Å². The first-order valence-corrected chi connectivity index (χ1v) is 7.04. The van der Waals surface area contributed by atoms with E-state index in [1.165, 1.54) is 27.9 Å². The van der Waals surface area contributed by atoms with Crippen molar-refractivity contribution >= 4 is 27.3 Å². The SMILES string of the molecule is CC(NC1C=CCCC1)c1ccc(Br)s1. The molecule has 1 aromatic rings. The average Bonchev–Trinajstić information content (AvgIpc) is 2.66. The number of rotatable bonds is 3. The topological polar surface area (TPSA) is 12.0 Å². The number of thiophene rings is 1. The van der Waals surface area contributed by atoms with E-state index in [4.69, 9.17) is 0 Å². The molecule has 0 spiro atoms. The molecule has 0 saturated carbocycles. The van der Waals surface area contributed by atoms with Gasteiger partial charge in [0, 0.05) is 17.0 Å². The molecule has 1 heterocycles. The third kappa shape index (κ3) is 3.16. The summed E-state index contributed by atoms with van der Waals surface area (Å²) in [6.45, 7) is 2.24. The highest BCUT2D eigenvalue weighted by Crippen LogP contribution is 2.27. The molecule has 3 heteroatoms. The first kappa shape index (κ1) is 11.4. The number of hydrogen-bond donors (Lipinski definition) is 1. The molecular formula is C12H16BrNS. The molecule has 0 amide bonds. The summed E-state index contributed by atoms with van der Waals surface area (Å²) in [6.07, 6.45) is 8.43. The van der Waals surface area contributed by atoms with Crippen molar-refractivity contribution in [1.82, 2.24) is 5.32 Å². The minimum Gasteiger partial charge on any atom is -0.303 e. The summed E-state index contributed by atoms with van der Waals surface area (Å²) in [7, 11) is 0. The maximum atomic E-state index is 3.65. The lowest BCUT2D eigenvalue weighted by atomic mass is 10.0. The molecule has 0 aliphatic heterocycles. The van der Waals surface area contributed by atoms with E-state index >= 15 is 0 Å². The summed E-state index contributed by atoms with van der Waals surface area (Å²) in [5.41, 5.74) is 0. The number of nitrogens with one attached hydrogen (secondary N) is 1. The Morgan fingerprint density at radius 3 is 3.00 bits per heavy atom. The minimum absolute atomic E-state index is 0.453. The maximum Gasteiger partial charge on any atom is 0.0701 e. The first-order valence-electron chi connectivity index (χ1n) is 5.43. The normalized spacial score (nSPS) is 22.9. The zero-order chi connectivity index (χ0) is 10.7. The Balaban J connectivity index is 1.94. The molecule has 0 aromatic carbocycles. The van der Waals surface area contributed by atoms with Crippen LogP contribution in [0, 0.1) is 0 Å². The van der Waals surface area contributed by atoms with Gasteiger partial charge in [-0.3, -0.25) is 0 Å². The first-order chi connectivity index (χ1) is 7.25. The van der Waals surface area contributed by atoms with Gasteiger partial charge in [0.2, 0.25) is 0 Å². The van der Waals surface area contributed by atoms with E-state index in [1.807, 2.05) is 11.3 Å². The zero-order valence-electron chi connectivity index (χ0n) is 8.87. The van der Waals surface area contributed by atoms with Crippen LogP contribution in [0.1, 0.15) is 37.1 Å². The van der Waals surface area contributed by atoms with Gasteiger partial charge in [-0.2, -0.15) is 0 Å². The van der Waals surface area contributed by atoms with Gasteiger partial charge < -0.3 is 5.32 Å². The predicted octanol–water partition coefficient (Wildman–Crippen LogP) is 4.27. The van der Waals surface area contributed by atoms with E-state index < -0.39 is 0 Å². The summed E-state index contributed by atoms with van der Waals surface area (Å²) in [4.78, 5) is 1.40. The molecule has 2 unspecified atom stereocenters. The van der Waals surface area contributed by atoms with E-state index in [2.05, 4.69) is 52.5 Å². The fraction of sp³-hybridized carbons (Fsp3) is 0.500. The van der Waals surface area contributed by atoms with Crippen LogP contribution in [-0.2, 0) is 0 Å². The van der Waals surface area contributed by atoms with Crippen molar-refractivity contribution in [3.8, 4) is 0 Å². The molecular weight excluding hydrogens is 270 g/mol. The van der Waals surface area contributed by atoms with Crippen LogP contribution < -0.4 is 5.32 Å². The fourth-order valence-electron chi connectivity index (χ4n) is 1.92. The van der Waals surface area contributed by atoms with E-state index in [0.717, 1.165) is 0 Å². The van der Waals surface area contributed by atoms with Gasteiger partial charge in [0.15, 0.2) is 0 Å². The van der Waals surface area contributed by atoms with Gasteiger partial charge >= 0.3 is 0 Å². The second-order valence-electron chi connectivity index (χ2n) is 4.00. The molecule has 1 aliphatic carbocycles. The van der Waals surface area contributed by atoms with Crippen molar-refractivity contribution in [2.24, 2.45) is 0 Å². The van der Waals surface area contributed by atoms with Gasteiger partial charge in [-0.05, 0) is 54.2 Å². The van der Waals surface area contributed by atoms with Crippen LogP contribution in [0.4, 0.5) is 0 Å². The number of halogens is 1. The molecule has 2 rings (SSSR count). The lowest BCUT2D eigenvalue weighted by Crippen LogP contribution is -2.30. The van der Waals surface area contributed by atoms with Crippen LogP contribution >= 0.6 is 27.3 Å². The standard InChI is InChI=1S/C12H16BrNS/c1-9(11-7-8-12(13)15-11)14-10-5-3-2-4-6-10/h3,5,7-10,14H,2,4,6H2,1H3. The molecule has 0 bridgehead atoms. The Hall–Kier alpha value is -0.120. The second-order valence-corrected chi connectivity index (χ2v) is 6.49. The molecule has 1 aliphatic rings. The van der Waals surface area contributed by atoms with Gasteiger partial charge in [-0.1, -0.05) is 12.2 Å². The van der Waals surface area contributed by atoms with E-state index in [-0.39, 0.29) is 0 Å². The van der Waals surface area contributed by atoms with Gasteiger partial charge in [0.1, 0.15) is 0 Å². The second kappa shape index (κ2) is 5.28. The van der Waals surface area contributed by atoms with Crippen LogP contribution in [0.25, 0.3) is 0 Å². The van der Waals surface area contributed by atoms with Crippen LogP contribution in [0.5, 0.6) is 0 Å². The van der Waals surface area contributed by atoms with E-state index in [0.29, 0.717) is 12.1 Å². The van der Waals surface area contributed by atoms with E-state index in [9.17, 15) is 0 Å². The molecule has 15 heavy (non-hydrogen) atoms. The Bertz CT molecular complexity index is 345. The van der Waals surface area contributed by atoms with Gasteiger partial charge in [0.25, 0.3) is 0 Å². The monoisotopic (exact) mass is 285 g/mol. The third-order valence-electron chi connectivity index (χ3n) is 2.74. The molecule has 82 valence electrons. The van der Waals surface area contributed by atoms with Crippen LogP contribution in [0.2, 0.25) is 0 Å². The summed E-state index contributed by atoms with van der Waals surface area (Å²) in [5, 5.41) is 3.65. The van der Waals surface area contributed by atoms with Crippen LogP contribution in [-0.4, -0.2) is 6.04 Å². The van der Waals surface area contributed by atoms with Crippen molar-refractivity contribution in [2.75, 3.05) is 0 Å². The molecule has 1 aromatic heterocycles.